The fourth-order valence-corrected chi connectivity index (χ4v) is 2.27. The quantitative estimate of drug-likeness (QED) is 0.533. The van der Waals surface area contributed by atoms with Gasteiger partial charge in [0, 0.05) is 0 Å². The molecule has 0 radical (unpaired) electrons. The minimum Gasteiger partial charge on any atom is -0.463 e. The molecule has 2 nitrogen and oxygen atoms in total. The number of allylic oxidation sites excluding steroid dienone is 4. The minimum atomic E-state index is -0.0159. The molecule has 0 aromatic rings. The van der Waals surface area contributed by atoms with Crippen molar-refractivity contribution in [3.63, 3.8) is 0 Å². The largest absolute Gasteiger partial charge is 0.463 e. The van der Waals surface area contributed by atoms with Crippen LogP contribution in [-0.4, -0.2) is 12.1 Å². The van der Waals surface area contributed by atoms with Gasteiger partial charge in [-0.05, 0) is 59.8 Å². The first kappa shape index (κ1) is 15.0. The van der Waals surface area contributed by atoms with Gasteiger partial charge in [-0.1, -0.05) is 23.3 Å². The van der Waals surface area contributed by atoms with E-state index in [9.17, 15) is 4.79 Å². The minimum absolute atomic E-state index is 0.00229. The topological polar surface area (TPSA) is 26.3 Å². The summed E-state index contributed by atoms with van der Waals surface area (Å²) in [6.45, 7) is 8.06. The highest BCUT2D eigenvalue weighted by Gasteiger charge is 2.24. The van der Waals surface area contributed by atoms with Gasteiger partial charge in [0.15, 0.2) is 0 Å². The Morgan fingerprint density at radius 2 is 2.22 bits per heavy atom. The summed E-state index contributed by atoms with van der Waals surface area (Å²) in [5, 5.41) is 0. The lowest BCUT2D eigenvalue weighted by molar-refractivity contribution is -0.152. The van der Waals surface area contributed by atoms with E-state index in [-0.39, 0.29) is 18.0 Å². The SMILES string of the molecule is CC(C)=CCCC1=CCCC(C(=O)OC(C)C)C1. The molecule has 0 N–H and O–H groups in total. The van der Waals surface area contributed by atoms with Gasteiger partial charge in [-0.2, -0.15) is 0 Å². The summed E-state index contributed by atoms with van der Waals surface area (Å²) >= 11 is 0. The zero-order valence-corrected chi connectivity index (χ0v) is 12.2. The molecule has 102 valence electrons. The van der Waals surface area contributed by atoms with Crippen molar-refractivity contribution in [1.82, 2.24) is 0 Å². The molecule has 0 spiro atoms. The second kappa shape index (κ2) is 7.40. The Morgan fingerprint density at radius 3 is 2.83 bits per heavy atom. The van der Waals surface area contributed by atoms with Crippen LogP contribution >= 0.6 is 0 Å². The van der Waals surface area contributed by atoms with E-state index in [1.165, 1.54) is 11.1 Å². The van der Waals surface area contributed by atoms with Gasteiger partial charge in [-0.3, -0.25) is 4.79 Å². The van der Waals surface area contributed by atoms with E-state index >= 15 is 0 Å². The summed E-state index contributed by atoms with van der Waals surface area (Å²) in [5.74, 6) is 0.0666. The molecule has 18 heavy (non-hydrogen) atoms. The van der Waals surface area contributed by atoms with Gasteiger partial charge in [0.1, 0.15) is 0 Å². The molecule has 0 amide bonds. The Labute approximate surface area is 111 Å². The maximum Gasteiger partial charge on any atom is 0.309 e. The third kappa shape index (κ3) is 5.52. The highest BCUT2D eigenvalue weighted by Crippen LogP contribution is 2.28. The molecule has 0 aliphatic heterocycles. The fourth-order valence-electron chi connectivity index (χ4n) is 2.27. The number of ether oxygens (including phenoxy) is 1. The average Bonchev–Trinajstić information content (AvgIpc) is 2.28. The van der Waals surface area contributed by atoms with E-state index in [4.69, 9.17) is 4.74 Å². The lowest BCUT2D eigenvalue weighted by Gasteiger charge is -2.22. The average molecular weight is 250 g/mol. The summed E-state index contributed by atoms with van der Waals surface area (Å²) < 4.78 is 5.30. The van der Waals surface area contributed by atoms with Gasteiger partial charge >= 0.3 is 5.97 Å². The third-order valence-electron chi connectivity index (χ3n) is 3.16. The lowest BCUT2D eigenvalue weighted by atomic mass is 9.87. The van der Waals surface area contributed by atoms with Crippen LogP contribution in [0.25, 0.3) is 0 Å². The molecule has 1 rings (SSSR count). The van der Waals surface area contributed by atoms with Crippen molar-refractivity contribution >= 4 is 5.97 Å². The zero-order chi connectivity index (χ0) is 13.5. The molecule has 1 atom stereocenters. The van der Waals surface area contributed by atoms with E-state index in [0.29, 0.717) is 0 Å². The van der Waals surface area contributed by atoms with Crippen molar-refractivity contribution in [3.05, 3.63) is 23.3 Å². The van der Waals surface area contributed by atoms with Crippen LogP contribution in [0.1, 0.15) is 59.8 Å². The highest BCUT2D eigenvalue weighted by atomic mass is 16.5. The number of rotatable bonds is 5. The van der Waals surface area contributed by atoms with Crippen molar-refractivity contribution in [2.45, 2.75) is 65.9 Å². The summed E-state index contributed by atoms with van der Waals surface area (Å²) in [6.07, 6.45) is 9.57. The normalized spacial score (nSPS) is 19.4. The Kier molecular flexibility index (Phi) is 6.17. The maximum absolute atomic E-state index is 11.9. The molecule has 0 aromatic carbocycles. The Hall–Kier alpha value is -1.05. The first-order chi connectivity index (χ1) is 8.49. The molecule has 0 bridgehead atoms. The van der Waals surface area contributed by atoms with Crippen LogP contribution in [0.5, 0.6) is 0 Å². The molecule has 1 aliphatic carbocycles. The fraction of sp³-hybridized carbons (Fsp3) is 0.688. The summed E-state index contributed by atoms with van der Waals surface area (Å²) in [6, 6.07) is 0. The second-order valence-corrected chi connectivity index (χ2v) is 5.65. The molecule has 1 unspecified atom stereocenters. The van der Waals surface area contributed by atoms with Crippen molar-refractivity contribution < 1.29 is 9.53 Å². The second-order valence-electron chi connectivity index (χ2n) is 5.65. The van der Waals surface area contributed by atoms with E-state index in [1.54, 1.807) is 0 Å². The molecule has 0 saturated heterocycles. The smallest absolute Gasteiger partial charge is 0.309 e. The van der Waals surface area contributed by atoms with Gasteiger partial charge < -0.3 is 4.74 Å². The van der Waals surface area contributed by atoms with Crippen molar-refractivity contribution in [1.29, 1.82) is 0 Å². The number of esters is 1. The first-order valence-corrected chi connectivity index (χ1v) is 7.00. The maximum atomic E-state index is 11.9. The van der Waals surface area contributed by atoms with Crippen LogP contribution in [0.2, 0.25) is 0 Å². The van der Waals surface area contributed by atoms with Crippen molar-refractivity contribution in [2.75, 3.05) is 0 Å². The van der Waals surface area contributed by atoms with Gasteiger partial charge in [-0.15, -0.1) is 0 Å². The summed E-state index contributed by atoms with van der Waals surface area (Å²) in [5.41, 5.74) is 2.78. The summed E-state index contributed by atoms with van der Waals surface area (Å²) in [7, 11) is 0. The molecule has 0 saturated carbocycles. The standard InChI is InChI=1S/C16H26O2/c1-12(2)7-5-8-14-9-6-10-15(11-14)16(17)18-13(3)4/h7,9,13,15H,5-6,8,10-11H2,1-4H3. The number of hydrogen-bond donors (Lipinski definition) is 0. The van der Waals surface area contributed by atoms with Gasteiger partial charge in [0.25, 0.3) is 0 Å². The monoisotopic (exact) mass is 250 g/mol. The van der Waals surface area contributed by atoms with Crippen LogP contribution in [0.3, 0.4) is 0 Å². The number of carbonyl (C=O) groups excluding carboxylic acids is 1. The van der Waals surface area contributed by atoms with Crippen molar-refractivity contribution in [2.24, 2.45) is 5.92 Å². The molecule has 1 aliphatic rings. The highest BCUT2D eigenvalue weighted by molar-refractivity contribution is 5.73. The Bertz CT molecular complexity index is 333. The van der Waals surface area contributed by atoms with E-state index in [0.717, 1.165) is 32.1 Å². The van der Waals surface area contributed by atoms with Gasteiger partial charge in [0.05, 0.1) is 12.0 Å². The van der Waals surface area contributed by atoms with Crippen LogP contribution in [0, 0.1) is 5.92 Å². The van der Waals surface area contributed by atoms with Crippen LogP contribution in [0.15, 0.2) is 23.3 Å². The molecule has 0 aromatic heterocycles. The zero-order valence-electron chi connectivity index (χ0n) is 12.2. The molecule has 2 heteroatoms. The van der Waals surface area contributed by atoms with E-state index < -0.39 is 0 Å². The van der Waals surface area contributed by atoms with Crippen molar-refractivity contribution in [3.8, 4) is 0 Å². The number of hydrogen-bond acceptors (Lipinski definition) is 2. The predicted octanol–water partition coefficient (Wildman–Crippen LogP) is 4.41. The molecule has 0 fully saturated rings. The first-order valence-electron chi connectivity index (χ1n) is 7.00. The van der Waals surface area contributed by atoms with E-state index in [2.05, 4.69) is 26.0 Å². The lowest BCUT2D eigenvalue weighted by Crippen LogP contribution is -2.23. The van der Waals surface area contributed by atoms with Gasteiger partial charge in [-0.25, -0.2) is 0 Å². The van der Waals surface area contributed by atoms with Crippen LogP contribution < -0.4 is 0 Å². The molecule has 0 heterocycles. The van der Waals surface area contributed by atoms with Gasteiger partial charge in [0.2, 0.25) is 0 Å². The Balaban J connectivity index is 2.42. The Morgan fingerprint density at radius 1 is 1.50 bits per heavy atom. The number of carbonyl (C=O) groups is 1. The summed E-state index contributed by atoms with van der Waals surface area (Å²) in [4.78, 5) is 11.9. The molecular weight excluding hydrogens is 224 g/mol. The predicted molar refractivity (Wildman–Crippen MR) is 75.3 cm³/mol. The molecular formula is C16H26O2. The van der Waals surface area contributed by atoms with E-state index in [1.807, 2.05) is 13.8 Å². The van der Waals surface area contributed by atoms with Crippen LogP contribution in [0.4, 0.5) is 0 Å². The van der Waals surface area contributed by atoms with Crippen LogP contribution in [-0.2, 0) is 9.53 Å². The third-order valence-corrected chi connectivity index (χ3v) is 3.16.